The molecule has 4 heteroatoms. The largest absolute Gasteiger partial charge is 0.437 e. The van der Waals surface area contributed by atoms with E-state index in [4.69, 9.17) is 10.5 Å². The molecule has 2 rings (SSSR count). The predicted molar refractivity (Wildman–Crippen MR) is 62.4 cm³/mol. The first-order chi connectivity index (χ1) is 7.65. The molecule has 0 unspecified atom stereocenters. The Kier molecular flexibility index (Phi) is 2.72. The van der Waals surface area contributed by atoms with Gasteiger partial charge in [-0.15, -0.1) is 0 Å². The van der Waals surface area contributed by atoms with E-state index in [9.17, 15) is 0 Å². The lowest BCUT2D eigenvalue weighted by molar-refractivity contribution is 0.460. The van der Waals surface area contributed by atoms with Gasteiger partial charge < -0.3 is 10.5 Å². The number of rotatable bonds is 2. The van der Waals surface area contributed by atoms with Crippen LogP contribution in [0.2, 0.25) is 0 Å². The number of hydrogen-bond acceptors (Lipinski definition) is 4. The first-order valence-corrected chi connectivity index (χ1v) is 4.98. The third-order valence-corrected chi connectivity index (χ3v) is 2.23. The molecule has 4 nitrogen and oxygen atoms in total. The molecule has 0 fully saturated rings. The van der Waals surface area contributed by atoms with E-state index in [-0.39, 0.29) is 0 Å². The fraction of sp³-hybridized carbons (Fsp3) is 0.167. The quantitative estimate of drug-likeness (QED) is 0.835. The molecule has 0 saturated carbocycles. The van der Waals surface area contributed by atoms with Gasteiger partial charge in [0.2, 0.25) is 5.88 Å². The molecular formula is C12H13N3O. The average molecular weight is 215 g/mol. The average Bonchev–Trinajstić information content (AvgIpc) is 2.27. The zero-order chi connectivity index (χ0) is 11.5. The van der Waals surface area contributed by atoms with Crippen LogP contribution in [0.15, 0.2) is 30.6 Å². The molecule has 0 saturated heterocycles. The Hall–Kier alpha value is -2.10. The van der Waals surface area contributed by atoms with E-state index in [2.05, 4.69) is 9.97 Å². The number of ether oxygens (including phenoxy) is 1. The van der Waals surface area contributed by atoms with E-state index in [1.165, 1.54) is 0 Å². The van der Waals surface area contributed by atoms with Gasteiger partial charge in [0, 0.05) is 23.6 Å². The standard InChI is InChI=1S/C12H13N3O/c1-8-6-15-12(5-11(8)13)16-10-4-3-9(2)14-7-10/h3-7H,1-2H3,(H2,13,15). The van der Waals surface area contributed by atoms with Gasteiger partial charge in [0.25, 0.3) is 0 Å². The molecule has 0 atom stereocenters. The number of pyridine rings is 2. The summed E-state index contributed by atoms with van der Waals surface area (Å²) in [4.78, 5) is 8.26. The van der Waals surface area contributed by atoms with Gasteiger partial charge in [-0.05, 0) is 31.5 Å². The Balaban J connectivity index is 2.20. The van der Waals surface area contributed by atoms with Crippen LogP contribution in [-0.4, -0.2) is 9.97 Å². The minimum atomic E-state index is 0.480. The van der Waals surface area contributed by atoms with Gasteiger partial charge in [-0.3, -0.25) is 4.98 Å². The molecule has 0 aliphatic carbocycles. The van der Waals surface area contributed by atoms with Crippen molar-refractivity contribution in [1.82, 2.24) is 9.97 Å². The van der Waals surface area contributed by atoms with Crippen LogP contribution in [-0.2, 0) is 0 Å². The third kappa shape index (κ3) is 2.28. The van der Waals surface area contributed by atoms with E-state index in [1.54, 1.807) is 18.5 Å². The minimum absolute atomic E-state index is 0.480. The molecule has 2 aromatic rings. The minimum Gasteiger partial charge on any atom is -0.437 e. The maximum atomic E-state index is 5.76. The topological polar surface area (TPSA) is 61.0 Å². The smallest absolute Gasteiger partial charge is 0.221 e. The Morgan fingerprint density at radius 1 is 1.12 bits per heavy atom. The van der Waals surface area contributed by atoms with Crippen molar-refractivity contribution in [2.45, 2.75) is 13.8 Å². The fourth-order valence-corrected chi connectivity index (χ4v) is 1.21. The molecule has 0 radical (unpaired) electrons. The molecule has 0 bridgehead atoms. The van der Waals surface area contributed by atoms with Gasteiger partial charge in [-0.2, -0.15) is 0 Å². The highest BCUT2D eigenvalue weighted by Gasteiger charge is 2.01. The van der Waals surface area contributed by atoms with Gasteiger partial charge in [0.15, 0.2) is 0 Å². The second-order valence-corrected chi connectivity index (χ2v) is 3.62. The zero-order valence-electron chi connectivity index (χ0n) is 9.27. The maximum absolute atomic E-state index is 5.76. The first-order valence-electron chi connectivity index (χ1n) is 4.98. The van der Waals surface area contributed by atoms with Crippen molar-refractivity contribution in [2.24, 2.45) is 0 Å². The zero-order valence-corrected chi connectivity index (χ0v) is 9.27. The van der Waals surface area contributed by atoms with Crippen molar-refractivity contribution in [2.75, 3.05) is 5.73 Å². The van der Waals surface area contributed by atoms with Crippen LogP contribution in [0, 0.1) is 13.8 Å². The summed E-state index contributed by atoms with van der Waals surface area (Å²) in [6.07, 6.45) is 3.35. The van der Waals surface area contributed by atoms with Crippen LogP contribution in [0.4, 0.5) is 5.69 Å². The van der Waals surface area contributed by atoms with Gasteiger partial charge in [0.05, 0.1) is 6.20 Å². The summed E-state index contributed by atoms with van der Waals surface area (Å²) in [5.41, 5.74) is 8.32. The Bertz CT molecular complexity index is 494. The van der Waals surface area contributed by atoms with E-state index in [1.807, 2.05) is 26.0 Å². The number of nitrogens with two attached hydrogens (primary N) is 1. The lowest BCUT2D eigenvalue weighted by atomic mass is 10.3. The van der Waals surface area contributed by atoms with E-state index >= 15 is 0 Å². The molecule has 2 aromatic heterocycles. The molecule has 82 valence electrons. The lowest BCUT2D eigenvalue weighted by Crippen LogP contribution is -1.94. The van der Waals surface area contributed by atoms with Gasteiger partial charge in [-0.25, -0.2) is 4.98 Å². The number of nitrogen functional groups attached to an aromatic ring is 1. The van der Waals surface area contributed by atoms with Crippen molar-refractivity contribution < 1.29 is 4.74 Å². The summed E-state index contributed by atoms with van der Waals surface area (Å²) in [7, 11) is 0. The summed E-state index contributed by atoms with van der Waals surface area (Å²) in [5, 5.41) is 0. The molecule has 16 heavy (non-hydrogen) atoms. The third-order valence-electron chi connectivity index (χ3n) is 2.23. The second kappa shape index (κ2) is 4.18. The van der Waals surface area contributed by atoms with Crippen molar-refractivity contribution in [3.63, 3.8) is 0 Å². The van der Waals surface area contributed by atoms with Crippen molar-refractivity contribution in [3.05, 3.63) is 41.9 Å². The van der Waals surface area contributed by atoms with E-state index in [0.717, 1.165) is 11.3 Å². The van der Waals surface area contributed by atoms with Crippen molar-refractivity contribution in [1.29, 1.82) is 0 Å². The number of nitrogens with zero attached hydrogens (tertiary/aromatic N) is 2. The van der Waals surface area contributed by atoms with Crippen LogP contribution in [0.3, 0.4) is 0 Å². The van der Waals surface area contributed by atoms with Crippen LogP contribution in [0.1, 0.15) is 11.3 Å². The molecule has 0 spiro atoms. The summed E-state index contributed by atoms with van der Waals surface area (Å²) < 4.78 is 5.52. The number of aryl methyl sites for hydroxylation is 2. The van der Waals surface area contributed by atoms with Crippen molar-refractivity contribution >= 4 is 5.69 Å². The van der Waals surface area contributed by atoms with Crippen LogP contribution in [0.25, 0.3) is 0 Å². The lowest BCUT2D eigenvalue weighted by Gasteiger charge is -2.06. The summed E-state index contributed by atoms with van der Waals surface area (Å²) in [6.45, 7) is 3.82. The molecule has 0 amide bonds. The molecule has 2 N–H and O–H groups in total. The predicted octanol–water partition coefficient (Wildman–Crippen LogP) is 2.47. The Morgan fingerprint density at radius 2 is 1.94 bits per heavy atom. The van der Waals surface area contributed by atoms with Crippen molar-refractivity contribution in [3.8, 4) is 11.6 Å². The molecule has 2 heterocycles. The van der Waals surface area contributed by atoms with Gasteiger partial charge >= 0.3 is 0 Å². The molecule has 0 aliphatic heterocycles. The second-order valence-electron chi connectivity index (χ2n) is 3.62. The normalized spacial score (nSPS) is 10.1. The van der Waals surface area contributed by atoms with Crippen LogP contribution in [0.5, 0.6) is 11.6 Å². The summed E-state index contributed by atoms with van der Waals surface area (Å²) in [6, 6.07) is 5.43. The maximum Gasteiger partial charge on any atom is 0.221 e. The Morgan fingerprint density at radius 3 is 2.56 bits per heavy atom. The van der Waals surface area contributed by atoms with E-state index in [0.29, 0.717) is 17.3 Å². The fourth-order valence-electron chi connectivity index (χ4n) is 1.21. The monoisotopic (exact) mass is 215 g/mol. The highest BCUT2D eigenvalue weighted by Crippen LogP contribution is 2.21. The highest BCUT2D eigenvalue weighted by molar-refractivity contribution is 5.47. The van der Waals surface area contributed by atoms with Crippen LogP contribution >= 0.6 is 0 Å². The number of aromatic nitrogens is 2. The molecule has 0 aromatic carbocycles. The van der Waals surface area contributed by atoms with E-state index < -0.39 is 0 Å². The summed E-state index contributed by atoms with van der Waals surface area (Å²) >= 11 is 0. The molecular weight excluding hydrogens is 202 g/mol. The summed E-state index contributed by atoms with van der Waals surface area (Å²) in [5.74, 6) is 1.13. The number of anilines is 1. The Labute approximate surface area is 94.1 Å². The highest BCUT2D eigenvalue weighted by atomic mass is 16.5. The van der Waals surface area contributed by atoms with Gasteiger partial charge in [0.1, 0.15) is 5.75 Å². The number of hydrogen-bond donors (Lipinski definition) is 1. The molecule has 0 aliphatic rings. The SMILES string of the molecule is Cc1ccc(Oc2cc(N)c(C)cn2)cn1. The van der Waals surface area contributed by atoms with Crippen LogP contribution < -0.4 is 10.5 Å². The first kappa shape index (κ1) is 10.4. The van der Waals surface area contributed by atoms with Gasteiger partial charge in [-0.1, -0.05) is 0 Å².